The zero-order valence-electron chi connectivity index (χ0n) is 9.93. The maximum Gasteiger partial charge on any atom is 0.305 e. The maximum absolute atomic E-state index is 10.9. The number of nitrogens with zero attached hydrogens (tertiary/aromatic N) is 3. The molecule has 0 aromatic carbocycles. The average Bonchev–Trinajstić information content (AvgIpc) is 2.28. The van der Waals surface area contributed by atoms with Gasteiger partial charge < -0.3 is 9.64 Å². The molecular weight excluding hydrogens is 206 g/mol. The summed E-state index contributed by atoms with van der Waals surface area (Å²) in [4.78, 5) is 21.3. The van der Waals surface area contributed by atoms with E-state index in [1.165, 1.54) is 7.11 Å². The van der Waals surface area contributed by atoms with Gasteiger partial charge in [0.05, 0.1) is 7.11 Å². The summed E-state index contributed by atoms with van der Waals surface area (Å²) in [5.41, 5.74) is 0.935. The van der Waals surface area contributed by atoms with Crippen molar-refractivity contribution >= 4 is 11.9 Å². The SMILES string of the molecule is COC(=O)CCCN(C)c1nccc(C)n1. The topological polar surface area (TPSA) is 55.3 Å². The van der Waals surface area contributed by atoms with Crippen LogP contribution in [0.25, 0.3) is 0 Å². The van der Waals surface area contributed by atoms with Gasteiger partial charge in [-0.25, -0.2) is 9.97 Å². The van der Waals surface area contributed by atoms with Gasteiger partial charge in [-0.05, 0) is 19.4 Å². The molecule has 0 N–H and O–H groups in total. The molecule has 0 bridgehead atoms. The molecular formula is C11H17N3O2. The summed E-state index contributed by atoms with van der Waals surface area (Å²) in [6.07, 6.45) is 2.89. The lowest BCUT2D eigenvalue weighted by molar-refractivity contribution is -0.140. The van der Waals surface area contributed by atoms with E-state index in [-0.39, 0.29) is 5.97 Å². The fourth-order valence-corrected chi connectivity index (χ4v) is 1.28. The van der Waals surface area contributed by atoms with Gasteiger partial charge in [0.2, 0.25) is 5.95 Å². The van der Waals surface area contributed by atoms with Crippen molar-refractivity contribution in [2.24, 2.45) is 0 Å². The normalized spacial score (nSPS) is 9.94. The van der Waals surface area contributed by atoms with E-state index in [0.29, 0.717) is 12.4 Å². The summed E-state index contributed by atoms with van der Waals surface area (Å²) in [6.45, 7) is 2.66. The molecule has 0 atom stereocenters. The molecule has 1 rings (SSSR count). The lowest BCUT2D eigenvalue weighted by Crippen LogP contribution is -2.22. The molecule has 5 heteroatoms. The predicted octanol–water partition coefficient (Wildman–Crippen LogP) is 1.17. The van der Waals surface area contributed by atoms with Gasteiger partial charge in [-0.3, -0.25) is 4.79 Å². The van der Waals surface area contributed by atoms with E-state index in [0.717, 1.165) is 18.7 Å². The first-order valence-corrected chi connectivity index (χ1v) is 5.21. The third-order valence-electron chi connectivity index (χ3n) is 2.23. The van der Waals surface area contributed by atoms with Crippen LogP contribution in [-0.4, -0.2) is 36.6 Å². The summed E-state index contributed by atoms with van der Waals surface area (Å²) >= 11 is 0. The zero-order chi connectivity index (χ0) is 12.0. The summed E-state index contributed by atoms with van der Waals surface area (Å²) in [7, 11) is 3.31. The van der Waals surface area contributed by atoms with Crippen LogP contribution in [-0.2, 0) is 9.53 Å². The third-order valence-corrected chi connectivity index (χ3v) is 2.23. The molecule has 0 aliphatic carbocycles. The molecule has 16 heavy (non-hydrogen) atoms. The molecule has 0 aliphatic heterocycles. The Kier molecular flexibility index (Phi) is 4.69. The van der Waals surface area contributed by atoms with Crippen LogP contribution in [0.3, 0.4) is 0 Å². The molecule has 0 saturated heterocycles. The van der Waals surface area contributed by atoms with Crippen molar-refractivity contribution in [1.82, 2.24) is 9.97 Å². The minimum Gasteiger partial charge on any atom is -0.469 e. The first-order valence-electron chi connectivity index (χ1n) is 5.21. The van der Waals surface area contributed by atoms with Crippen molar-refractivity contribution in [2.75, 3.05) is 25.6 Å². The molecule has 0 spiro atoms. The number of methoxy groups -OCH3 is 1. The Balaban J connectivity index is 2.40. The second kappa shape index (κ2) is 6.05. The predicted molar refractivity (Wildman–Crippen MR) is 61.3 cm³/mol. The molecule has 1 aromatic rings. The summed E-state index contributed by atoms with van der Waals surface area (Å²) < 4.78 is 4.57. The van der Waals surface area contributed by atoms with Crippen molar-refractivity contribution in [3.8, 4) is 0 Å². The monoisotopic (exact) mass is 223 g/mol. The highest BCUT2D eigenvalue weighted by molar-refractivity contribution is 5.69. The number of carbonyl (C=O) groups is 1. The summed E-state index contributed by atoms with van der Waals surface area (Å²) in [5.74, 6) is 0.503. The number of aromatic nitrogens is 2. The van der Waals surface area contributed by atoms with E-state index in [4.69, 9.17) is 0 Å². The molecule has 0 aliphatic rings. The van der Waals surface area contributed by atoms with Gasteiger partial charge in [-0.15, -0.1) is 0 Å². The fraction of sp³-hybridized carbons (Fsp3) is 0.545. The van der Waals surface area contributed by atoms with Crippen LogP contribution in [0.2, 0.25) is 0 Å². The van der Waals surface area contributed by atoms with Crippen LogP contribution >= 0.6 is 0 Å². The Hall–Kier alpha value is -1.65. The quantitative estimate of drug-likeness (QED) is 0.701. The first kappa shape index (κ1) is 12.4. The second-order valence-corrected chi connectivity index (χ2v) is 3.60. The standard InChI is InChI=1S/C11H17N3O2/c1-9-6-7-12-11(13-9)14(2)8-4-5-10(15)16-3/h6-7H,4-5,8H2,1-3H3. The molecule has 5 nitrogen and oxygen atoms in total. The van der Waals surface area contributed by atoms with Gasteiger partial charge in [0, 0.05) is 31.9 Å². The highest BCUT2D eigenvalue weighted by Gasteiger charge is 2.05. The van der Waals surface area contributed by atoms with E-state index < -0.39 is 0 Å². The van der Waals surface area contributed by atoms with Crippen LogP contribution in [0.4, 0.5) is 5.95 Å². The van der Waals surface area contributed by atoms with E-state index in [2.05, 4.69) is 14.7 Å². The number of aryl methyl sites for hydroxylation is 1. The summed E-state index contributed by atoms with van der Waals surface area (Å²) in [5, 5.41) is 0. The molecule has 0 fully saturated rings. The lowest BCUT2D eigenvalue weighted by Gasteiger charge is -2.16. The highest BCUT2D eigenvalue weighted by Crippen LogP contribution is 2.06. The summed E-state index contributed by atoms with van der Waals surface area (Å²) in [6, 6.07) is 1.85. The largest absolute Gasteiger partial charge is 0.469 e. The zero-order valence-corrected chi connectivity index (χ0v) is 9.93. The molecule has 0 saturated carbocycles. The minimum atomic E-state index is -0.182. The van der Waals surface area contributed by atoms with Gasteiger partial charge >= 0.3 is 5.97 Å². The smallest absolute Gasteiger partial charge is 0.305 e. The number of rotatable bonds is 5. The third kappa shape index (κ3) is 3.84. The number of hydrogen-bond donors (Lipinski definition) is 0. The van der Waals surface area contributed by atoms with Gasteiger partial charge in [0.15, 0.2) is 0 Å². The molecule has 0 unspecified atom stereocenters. The molecule has 1 aromatic heterocycles. The van der Waals surface area contributed by atoms with E-state index in [9.17, 15) is 4.79 Å². The van der Waals surface area contributed by atoms with Crippen molar-refractivity contribution < 1.29 is 9.53 Å². The highest BCUT2D eigenvalue weighted by atomic mass is 16.5. The van der Waals surface area contributed by atoms with Crippen LogP contribution in [0.1, 0.15) is 18.5 Å². The number of anilines is 1. The van der Waals surface area contributed by atoms with Crippen molar-refractivity contribution in [3.63, 3.8) is 0 Å². The number of esters is 1. The van der Waals surface area contributed by atoms with Gasteiger partial charge in [-0.2, -0.15) is 0 Å². The Labute approximate surface area is 95.5 Å². The Morgan fingerprint density at radius 2 is 2.31 bits per heavy atom. The lowest BCUT2D eigenvalue weighted by atomic mass is 10.3. The van der Waals surface area contributed by atoms with E-state index in [1.54, 1.807) is 6.20 Å². The van der Waals surface area contributed by atoms with Crippen LogP contribution in [0.5, 0.6) is 0 Å². The second-order valence-electron chi connectivity index (χ2n) is 3.60. The van der Waals surface area contributed by atoms with Gasteiger partial charge in [-0.1, -0.05) is 0 Å². The van der Waals surface area contributed by atoms with Crippen LogP contribution < -0.4 is 4.90 Å². The molecule has 1 heterocycles. The molecule has 0 radical (unpaired) electrons. The number of ether oxygens (including phenoxy) is 1. The number of hydrogen-bond acceptors (Lipinski definition) is 5. The fourth-order valence-electron chi connectivity index (χ4n) is 1.28. The van der Waals surface area contributed by atoms with Gasteiger partial charge in [0.1, 0.15) is 0 Å². The maximum atomic E-state index is 10.9. The Morgan fingerprint density at radius 1 is 1.56 bits per heavy atom. The Bertz CT molecular complexity index is 355. The van der Waals surface area contributed by atoms with Crippen molar-refractivity contribution in [3.05, 3.63) is 18.0 Å². The Morgan fingerprint density at radius 3 is 2.94 bits per heavy atom. The average molecular weight is 223 g/mol. The molecule has 0 amide bonds. The van der Waals surface area contributed by atoms with Crippen LogP contribution in [0, 0.1) is 6.92 Å². The van der Waals surface area contributed by atoms with Crippen LogP contribution in [0.15, 0.2) is 12.3 Å². The van der Waals surface area contributed by atoms with Crippen molar-refractivity contribution in [1.29, 1.82) is 0 Å². The number of carbonyl (C=O) groups excluding carboxylic acids is 1. The van der Waals surface area contributed by atoms with E-state index in [1.807, 2.05) is 24.9 Å². The van der Waals surface area contributed by atoms with Gasteiger partial charge in [0.25, 0.3) is 0 Å². The first-order chi connectivity index (χ1) is 7.63. The van der Waals surface area contributed by atoms with Crippen molar-refractivity contribution in [2.45, 2.75) is 19.8 Å². The molecule has 88 valence electrons. The minimum absolute atomic E-state index is 0.182. The van der Waals surface area contributed by atoms with E-state index >= 15 is 0 Å².